The van der Waals surface area contributed by atoms with Crippen molar-refractivity contribution in [1.29, 1.82) is 0 Å². The Morgan fingerprint density at radius 1 is 1.08 bits per heavy atom. The molecular formula is C27H30F3N3O5. The average molecular weight is 534 g/mol. The number of hydrogen-bond acceptors (Lipinski definition) is 7. The van der Waals surface area contributed by atoms with Crippen molar-refractivity contribution in [2.45, 2.75) is 38.7 Å². The van der Waals surface area contributed by atoms with Gasteiger partial charge in [0.05, 0.1) is 45.2 Å². The number of carbonyl (C=O) groups excluding carboxylic acids is 1. The van der Waals surface area contributed by atoms with Gasteiger partial charge in [-0.05, 0) is 30.2 Å². The highest BCUT2D eigenvalue weighted by atomic mass is 19.4. The van der Waals surface area contributed by atoms with Crippen LogP contribution in [0.4, 0.5) is 18.9 Å². The molecule has 0 radical (unpaired) electrons. The molecule has 3 aromatic rings. The number of rotatable bonds is 12. The lowest BCUT2D eigenvalue weighted by molar-refractivity contribution is -0.146. The van der Waals surface area contributed by atoms with Gasteiger partial charge in [0.15, 0.2) is 0 Å². The summed E-state index contributed by atoms with van der Waals surface area (Å²) in [6, 6.07) is 15.3. The number of aromatic nitrogens is 2. The highest BCUT2D eigenvalue weighted by Gasteiger charge is 2.39. The van der Waals surface area contributed by atoms with Crippen molar-refractivity contribution in [3.8, 4) is 5.75 Å². The molecule has 0 saturated heterocycles. The molecule has 0 N–H and O–H groups in total. The van der Waals surface area contributed by atoms with E-state index < -0.39 is 29.3 Å². The Bertz CT molecular complexity index is 1250. The number of methoxy groups -OCH3 is 1. The van der Waals surface area contributed by atoms with Crippen LogP contribution in [-0.4, -0.2) is 49.2 Å². The molecule has 0 fully saturated rings. The van der Waals surface area contributed by atoms with Crippen molar-refractivity contribution in [1.82, 2.24) is 9.78 Å². The number of hydrogen-bond donors (Lipinski definition) is 0. The van der Waals surface area contributed by atoms with Gasteiger partial charge in [-0.25, -0.2) is 4.68 Å². The van der Waals surface area contributed by atoms with Crippen LogP contribution < -0.4 is 15.2 Å². The molecule has 2 aromatic carbocycles. The molecule has 11 heteroatoms. The Kier molecular flexibility index (Phi) is 9.89. The van der Waals surface area contributed by atoms with E-state index in [0.29, 0.717) is 11.3 Å². The second kappa shape index (κ2) is 13.1. The molecule has 1 atom stereocenters. The van der Waals surface area contributed by atoms with Crippen LogP contribution in [0.25, 0.3) is 0 Å². The van der Waals surface area contributed by atoms with Crippen molar-refractivity contribution >= 4 is 11.7 Å². The van der Waals surface area contributed by atoms with Crippen LogP contribution in [-0.2, 0) is 33.6 Å². The van der Waals surface area contributed by atoms with Crippen molar-refractivity contribution in [3.63, 3.8) is 0 Å². The first-order chi connectivity index (χ1) is 18.1. The van der Waals surface area contributed by atoms with E-state index in [1.807, 2.05) is 30.3 Å². The van der Waals surface area contributed by atoms with E-state index in [0.717, 1.165) is 16.4 Å². The Hall–Kier alpha value is -3.86. The van der Waals surface area contributed by atoms with Crippen LogP contribution in [0.2, 0.25) is 0 Å². The summed E-state index contributed by atoms with van der Waals surface area (Å²) in [5, 5.41) is 3.99. The third kappa shape index (κ3) is 7.82. The van der Waals surface area contributed by atoms with Gasteiger partial charge in [0.1, 0.15) is 17.9 Å². The summed E-state index contributed by atoms with van der Waals surface area (Å²) in [6.07, 6.45) is -3.86. The first kappa shape index (κ1) is 28.7. The van der Waals surface area contributed by atoms with Crippen molar-refractivity contribution in [3.05, 3.63) is 87.8 Å². The summed E-state index contributed by atoms with van der Waals surface area (Å²) in [4.78, 5) is 26.0. The zero-order valence-corrected chi connectivity index (χ0v) is 21.4. The van der Waals surface area contributed by atoms with E-state index in [1.54, 1.807) is 31.2 Å². The Balaban J connectivity index is 1.60. The van der Waals surface area contributed by atoms with E-state index in [9.17, 15) is 22.8 Å². The van der Waals surface area contributed by atoms with E-state index in [1.165, 1.54) is 19.1 Å². The van der Waals surface area contributed by atoms with Crippen molar-refractivity contribution in [2.24, 2.45) is 0 Å². The summed E-state index contributed by atoms with van der Waals surface area (Å²) in [5.41, 5.74) is -1.45. The summed E-state index contributed by atoms with van der Waals surface area (Å²) >= 11 is 0. The molecule has 0 saturated carbocycles. The van der Waals surface area contributed by atoms with Crippen LogP contribution in [0, 0.1) is 0 Å². The van der Waals surface area contributed by atoms with Gasteiger partial charge >= 0.3 is 12.1 Å². The molecule has 0 bridgehead atoms. The first-order valence-corrected chi connectivity index (χ1v) is 11.9. The van der Waals surface area contributed by atoms with E-state index in [-0.39, 0.29) is 38.5 Å². The van der Waals surface area contributed by atoms with Gasteiger partial charge in [-0.1, -0.05) is 42.5 Å². The van der Waals surface area contributed by atoms with Crippen LogP contribution in [0.1, 0.15) is 30.0 Å². The van der Waals surface area contributed by atoms with Gasteiger partial charge in [-0.3, -0.25) is 9.59 Å². The lowest BCUT2D eigenvalue weighted by atomic mass is 10.2. The number of carbonyl (C=O) groups is 1. The number of alkyl halides is 3. The molecule has 0 aliphatic carbocycles. The predicted octanol–water partition coefficient (Wildman–Crippen LogP) is 4.29. The fourth-order valence-corrected chi connectivity index (χ4v) is 3.60. The molecular weight excluding hydrogens is 503 g/mol. The topological polar surface area (TPSA) is 82.9 Å². The second-order valence-corrected chi connectivity index (χ2v) is 8.64. The maximum Gasteiger partial charge on any atom is 0.423 e. The van der Waals surface area contributed by atoms with Crippen LogP contribution in [0.3, 0.4) is 0 Å². The lowest BCUT2D eigenvalue weighted by Gasteiger charge is -2.29. The maximum absolute atomic E-state index is 14.0. The molecule has 8 nitrogen and oxygen atoms in total. The minimum atomic E-state index is -4.89. The van der Waals surface area contributed by atoms with E-state index in [2.05, 4.69) is 5.10 Å². The molecule has 204 valence electrons. The molecule has 1 heterocycles. The Labute approximate surface area is 218 Å². The molecule has 0 aliphatic rings. The number of likely N-dealkylation sites (N-methyl/N-ethyl adjacent to an activating group) is 1. The van der Waals surface area contributed by atoms with Gasteiger partial charge in [-0.2, -0.15) is 18.3 Å². The predicted molar refractivity (Wildman–Crippen MR) is 135 cm³/mol. The number of nitrogens with zero attached hydrogens (tertiary/aromatic N) is 3. The first-order valence-electron chi connectivity index (χ1n) is 11.9. The molecule has 0 unspecified atom stereocenters. The van der Waals surface area contributed by atoms with E-state index in [4.69, 9.17) is 14.2 Å². The number of anilines is 1. The second-order valence-electron chi connectivity index (χ2n) is 8.64. The molecule has 38 heavy (non-hydrogen) atoms. The molecule has 0 spiro atoms. The summed E-state index contributed by atoms with van der Waals surface area (Å²) in [5.74, 6) is 0.140. The zero-order valence-electron chi connectivity index (χ0n) is 21.4. The van der Waals surface area contributed by atoms with Gasteiger partial charge in [0, 0.05) is 13.1 Å². The highest BCUT2D eigenvalue weighted by molar-refractivity contribution is 5.69. The maximum atomic E-state index is 14.0. The van der Waals surface area contributed by atoms with Crippen molar-refractivity contribution in [2.75, 3.05) is 32.3 Å². The minimum Gasteiger partial charge on any atom is -0.497 e. The smallest absolute Gasteiger partial charge is 0.423 e. The largest absolute Gasteiger partial charge is 0.497 e. The quantitative estimate of drug-likeness (QED) is 0.254. The molecule has 3 rings (SSSR count). The summed E-state index contributed by atoms with van der Waals surface area (Å²) < 4.78 is 58.5. The average Bonchev–Trinajstić information content (AvgIpc) is 2.90. The Morgan fingerprint density at radius 2 is 1.76 bits per heavy atom. The molecule has 0 amide bonds. The Morgan fingerprint density at radius 3 is 2.39 bits per heavy atom. The normalized spacial score (nSPS) is 12.2. The highest BCUT2D eigenvalue weighted by Crippen LogP contribution is 2.34. The monoisotopic (exact) mass is 533 g/mol. The fourth-order valence-electron chi connectivity index (χ4n) is 3.60. The lowest BCUT2D eigenvalue weighted by Crippen LogP contribution is -2.39. The van der Waals surface area contributed by atoms with E-state index >= 15 is 0 Å². The van der Waals surface area contributed by atoms with Crippen LogP contribution in [0.15, 0.2) is 65.6 Å². The van der Waals surface area contributed by atoms with Gasteiger partial charge in [0.2, 0.25) is 0 Å². The summed E-state index contributed by atoms with van der Waals surface area (Å²) in [7, 11) is 2.93. The standard InChI is InChI=1S/C27H30F3N3O5/c1-19(17-37-14-13-24(34)38-18-21-7-5-4-6-8-21)32(2)23-15-31-33(26(35)25(23)27(28,29)30)16-20-9-11-22(36-3)12-10-20/h4-12,15,19H,13-14,16-18H2,1-3H3/t19-/m0/s1. The van der Waals surface area contributed by atoms with Crippen molar-refractivity contribution < 1.29 is 32.2 Å². The van der Waals surface area contributed by atoms with Crippen LogP contribution in [0.5, 0.6) is 5.75 Å². The zero-order chi connectivity index (χ0) is 27.7. The number of ether oxygens (including phenoxy) is 3. The third-order valence-electron chi connectivity index (χ3n) is 5.89. The van der Waals surface area contributed by atoms with Gasteiger partial charge in [0.25, 0.3) is 5.56 Å². The van der Waals surface area contributed by atoms with Gasteiger partial charge < -0.3 is 19.1 Å². The number of halogens is 3. The summed E-state index contributed by atoms with van der Waals surface area (Å²) in [6.45, 7) is 1.73. The molecule has 0 aliphatic heterocycles. The fraction of sp³-hybridized carbons (Fsp3) is 0.370. The van der Waals surface area contributed by atoms with Gasteiger partial charge in [-0.15, -0.1) is 0 Å². The number of esters is 1. The molecule has 1 aromatic heterocycles. The van der Waals surface area contributed by atoms with Crippen LogP contribution >= 0.6 is 0 Å². The third-order valence-corrected chi connectivity index (χ3v) is 5.89. The number of benzene rings is 2. The SMILES string of the molecule is COc1ccc(Cn2ncc(N(C)[C@@H](C)COCCC(=O)OCc3ccccc3)c(C(F)(F)F)c2=O)cc1. The minimum absolute atomic E-state index is 0.0000298.